The Morgan fingerprint density at radius 2 is 2.36 bits per heavy atom. The SMILES string of the molecule is Cc1nn(C(C)C(=O)NN=Cc2ccc(F)s2)cc1[N+](=O)[O-]. The molecule has 1 N–H and O–H groups in total. The maximum Gasteiger partial charge on any atom is 0.309 e. The van der Waals surface area contributed by atoms with Gasteiger partial charge in [-0.1, -0.05) is 0 Å². The van der Waals surface area contributed by atoms with Gasteiger partial charge < -0.3 is 0 Å². The van der Waals surface area contributed by atoms with Crippen LogP contribution < -0.4 is 5.43 Å². The van der Waals surface area contributed by atoms with E-state index in [1.807, 2.05) is 0 Å². The maximum atomic E-state index is 12.8. The van der Waals surface area contributed by atoms with Gasteiger partial charge in [0, 0.05) is 0 Å². The van der Waals surface area contributed by atoms with Gasteiger partial charge in [-0.05, 0) is 26.0 Å². The summed E-state index contributed by atoms with van der Waals surface area (Å²) in [6.45, 7) is 3.02. The van der Waals surface area contributed by atoms with Crippen LogP contribution in [-0.2, 0) is 4.79 Å². The number of hydrogen-bond donors (Lipinski definition) is 1. The number of nitrogens with one attached hydrogen (secondary N) is 1. The maximum absolute atomic E-state index is 12.8. The molecule has 0 spiro atoms. The minimum atomic E-state index is -0.773. The zero-order chi connectivity index (χ0) is 16.3. The zero-order valence-corrected chi connectivity index (χ0v) is 12.5. The average molecular weight is 325 g/mol. The number of rotatable bonds is 5. The Labute approximate surface area is 128 Å². The minimum absolute atomic E-state index is 0.155. The molecule has 1 unspecified atom stereocenters. The summed E-state index contributed by atoms with van der Waals surface area (Å²) in [6, 6.07) is 2.05. The lowest BCUT2D eigenvalue weighted by atomic mass is 10.3. The highest BCUT2D eigenvalue weighted by atomic mass is 32.1. The van der Waals surface area contributed by atoms with Gasteiger partial charge in [-0.2, -0.15) is 14.6 Å². The van der Waals surface area contributed by atoms with Crippen LogP contribution in [0.2, 0.25) is 0 Å². The molecule has 8 nitrogen and oxygen atoms in total. The number of halogens is 1. The Morgan fingerprint density at radius 3 is 2.91 bits per heavy atom. The fourth-order valence-corrected chi connectivity index (χ4v) is 2.22. The highest BCUT2D eigenvalue weighted by Crippen LogP contribution is 2.18. The topological polar surface area (TPSA) is 102 Å². The van der Waals surface area contributed by atoms with Crippen molar-refractivity contribution >= 4 is 29.1 Å². The van der Waals surface area contributed by atoms with Crippen molar-refractivity contribution in [2.24, 2.45) is 5.10 Å². The normalized spacial score (nSPS) is 12.5. The second-order valence-electron chi connectivity index (χ2n) is 4.39. The predicted octanol–water partition coefficient (Wildman–Crippen LogP) is 2.01. The molecule has 0 aliphatic carbocycles. The van der Waals surface area contributed by atoms with E-state index in [1.54, 1.807) is 0 Å². The molecule has 0 radical (unpaired) electrons. The number of thiophene rings is 1. The molecule has 0 aromatic carbocycles. The molecule has 116 valence electrons. The molecule has 1 amide bonds. The van der Waals surface area contributed by atoms with Crippen LogP contribution in [0.25, 0.3) is 0 Å². The minimum Gasteiger partial charge on any atom is -0.271 e. The second-order valence-corrected chi connectivity index (χ2v) is 5.45. The molecule has 10 heteroatoms. The number of aromatic nitrogens is 2. The third-order valence-corrected chi connectivity index (χ3v) is 3.63. The molecular formula is C12H12FN5O3S. The summed E-state index contributed by atoms with van der Waals surface area (Å²) in [5, 5.41) is 18.1. The molecule has 0 bridgehead atoms. The standard InChI is InChI=1S/C12H12FN5O3S/c1-7-10(18(20)21)6-17(16-7)8(2)12(19)15-14-5-9-3-4-11(13)22-9/h3-6,8H,1-2H3,(H,15,19). The Balaban J connectivity index is 2.01. The van der Waals surface area contributed by atoms with Crippen LogP contribution in [0.15, 0.2) is 23.4 Å². The zero-order valence-electron chi connectivity index (χ0n) is 11.7. The lowest BCUT2D eigenvalue weighted by molar-refractivity contribution is -0.385. The number of carbonyl (C=O) groups is 1. The molecule has 22 heavy (non-hydrogen) atoms. The van der Waals surface area contributed by atoms with Crippen LogP contribution in [0.1, 0.15) is 23.5 Å². The van der Waals surface area contributed by atoms with Crippen molar-refractivity contribution < 1.29 is 14.1 Å². The van der Waals surface area contributed by atoms with Gasteiger partial charge in [-0.15, -0.1) is 11.3 Å². The highest BCUT2D eigenvalue weighted by Gasteiger charge is 2.21. The quantitative estimate of drug-likeness (QED) is 0.516. The van der Waals surface area contributed by atoms with E-state index in [2.05, 4.69) is 15.6 Å². The van der Waals surface area contributed by atoms with Crippen molar-refractivity contribution in [3.05, 3.63) is 44.1 Å². The van der Waals surface area contributed by atoms with Crippen molar-refractivity contribution in [1.82, 2.24) is 15.2 Å². The third kappa shape index (κ3) is 3.52. The van der Waals surface area contributed by atoms with Crippen molar-refractivity contribution in [2.75, 3.05) is 0 Å². The van der Waals surface area contributed by atoms with Gasteiger partial charge >= 0.3 is 5.69 Å². The summed E-state index contributed by atoms with van der Waals surface area (Å²) < 4.78 is 14.0. The Hall–Kier alpha value is -2.62. The van der Waals surface area contributed by atoms with E-state index in [0.29, 0.717) is 4.88 Å². The lowest BCUT2D eigenvalue weighted by Crippen LogP contribution is -2.27. The number of aryl methyl sites for hydroxylation is 1. The summed E-state index contributed by atoms with van der Waals surface area (Å²) in [5.41, 5.74) is 2.35. The first-order valence-corrected chi connectivity index (χ1v) is 6.98. The van der Waals surface area contributed by atoms with Crippen LogP contribution in [0.5, 0.6) is 0 Å². The number of hydrogen-bond acceptors (Lipinski definition) is 6. The van der Waals surface area contributed by atoms with Crippen LogP contribution in [0, 0.1) is 22.2 Å². The molecule has 0 saturated heterocycles. The summed E-state index contributed by atoms with van der Waals surface area (Å²) in [4.78, 5) is 22.6. The summed E-state index contributed by atoms with van der Waals surface area (Å²) >= 11 is 0.893. The summed E-state index contributed by atoms with van der Waals surface area (Å²) in [7, 11) is 0. The van der Waals surface area contributed by atoms with Crippen molar-refractivity contribution in [2.45, 2.75) is 19.9 Å². The van der Waals surface area contributed by atoms with Gasteiger partial charge in [0.05, 0.1) is 16.0 Å². The van der Waals surface area contributed by atoms with E-state index in [-0.39, 0.29) is 16.5 Å². The van der Waals surface area contributed by atoms with E-state index in [0.717, 1.165) is 11.3 Å². The summed E-state index contributed by atoms with van der Waals surface area (Å²) in [6.07, 6.45) is 2.51. The number of hydrazone groups is 1. The molecular weight excluding hydrogens is 313 g/mol. The second kappa shape index (κ2) is 6.43. The van der Waals surface area contributed by atoms with E-state index >= 15 is 0 Å². The highest BCUT2D eigenvalue weighted by molar-refractivity contribution is 7.12. The number of carbonyl (C=O) groups excluding carboxylic acids is 1. The van der Waals surface area contributed by atoms with Crippen molar-refractivity contribution in [3.63, 3.8) is 0 Å². The fraction of sp³-hybridized carbons (Fsp3) is 0.250. The first-order valence-electron chi connectivity index (χ1n) is 6.17. The van der Waals surface area contributed by atoms with Crippen LogP contribution in [-0.4, -0.2) is 26.8 Å². The number of amides is 1. The van der Waals surface area contributed by atoms with Gasteiger partial charge in [-0.3, -0.25) is 19.6 Å². The number of nitro groups is 1. The van der Waals surface area contributed by atoms with E-state index in [9.17, 15) is 19.3 Å². The Bertz CT molecular complexity index is 739. The monoisotopic (exact) mass is 325 g/mol. The van der Waals surface area contributed by atoms with Gasteiger partial charge in [0.1, 0.15) is 17.9 Å². The molecule has 0 fully saturated rings. The lowest BCUT2D eigenvalue weighted by Gasteiger charge is -2.09. The largest absolute Gasteiger partial charge is 0.309 e. The molecule has 1 atom stereocenters. The average Bonchev–Trinajstić information content (AvgIpc) is 3.04. The molecule has 2 heterocycles. The third-order valence-electron chi connectivity index (χ3n) is 2.82. The van der Waals surface area contributed by atoms with Crippen molar-refractivity contribution in [3.8, 4) is 0 Å². The molecule has 0 saturated carbocycles. The first-order chi connectivity index (χ1) is 10.4. The molecule has 0 aliphatic rings. The molecule has 2 rings (SSSR count). The van der Waals surface area contributed by atoms with Gasteiger partial charge in [0.15, 0.2) is 5.13 Å². The molecule has 0 aliphatic heterocycles. The van der Waals surface area contributed by atoms with E-state index < -0.39 is 16.9 Å². The van der Waals surface area contributed by atoms with Crippen LogP contribution in [0.4, 0.5) is 10.1 Å². The summed E-state index contributed by atoms with van der Waals surface area (Å²) in [5.74, 6) is -0.495. The van der Waals surface area contributed by atoms with Crippen LogP contribution >= 0.6 is 11.3 Å². The predicted molar refractivity (Wildman–Crippen MR) is 78.3 cm³/mol. The fourth-order valence-electron chi connectivity index (χ4n) is 1.62. The van der Waals surface area contributed by atoms with E-state index in [1.165, 1.54) is 43.1 Å². The van der Waals surface area contributed by atoms with E-state index in [4.69, 9.17) is 0 Å². The van der Waals surface area contributed by atoms with Gasteiger partial charge in [-0.25, -0.2) is 5.43 Å². The smallest absolute Gasteiger partial charge is 0.271 e. The molecule has 2 aromatic heterocycles. The molecule has 2 aromatic rings. The van der Waals surface area contributed by atoms with Crippen molar-refractivity contribution in [1.29, 1.82) is 0 Å². The Morgan fingerprint density at radius 1 is 1.64 bits per heavy atom. The first kappa shape index (κ1) is 15.8. The van der Waals surface area contributed by atoms with Crippen LogP contribution in [0.3, 0.4) is 0 Å². The number of nitrogens with zero attached hydrogens (tertiary/aromatic N) is 4. The van der Waals surface area contributed by atoms with Gasteiger partial charge in [0.25, 0.3) is 5.91 Å². The van der Waals surface area contributed by atoms with Gasteiger partial charge in [0.2, 0.25) is 0 Å². The Kier molecular flexibility index (Phi) is 4.61.